The molecule has 0 heterocycles. The van der Waals surface area contributed by atoms with Gasteiger partial charge < -0.3 is 15.4 Å². The number of anilines is 1. The predicted molar refractivity (Wildman–Crippen MR) is 105 cm³/mol. The molecule has 28 heavy (non-hydrogen) atoms. The summed E-state index contributed by atoms with van der Waals surface area (Å²) in [5, 5.41) is 20.0. The lowest BCUT2D eigenvalue weighted by atomic mass is 10.2. The number of ether oxygens (including phenoxy) is 1. The van der Waals surface area contributed by atoms with Crippen LogP contribution in [-0.2, 0) is 21.4 Å². The molecular weight excluding hydrogens is 404 g/mol. The van der Waals surface area contributed by atoms with Crippen LogP contribution >= 0.6 is 11.6 Å². The molecule has 8 nitrogen and oxygen atoms in total. The van der Waals surface area contributed by atoms with Gasteiger partial charge in [0.2, 0.25) is 10.0 Å². The largest absolute Gasteiger partial charge is 0.495 e. The van der Waals surface area contributed by atoms with E-state index in [1.54, 1.807) is 24.3 Å². The first kappa shape index (κ1) is 21.2. The molecule has 0 unspecified atom stereocenters. The van der Waals surface area contributed by atoms with Crippen LogP contribution in [0.2, 0.25) is 5.02 Å². The van der Waals surface area contributed by atoms with Crippen LogP contribution in [0.1, 0.15) is 5.56 Å². The first-order valence-electron chi connectivity index (χ1n) is 7.85. The Morgan fingerprint density at radius 1 is 1.29 bits per heavy atom. The average molecular weight is 421 g/mol. The van der Waals surface area contributed by atoms with Crippen LogP contribution in [0.15, 0.2) is 59.1 Å². The van der Waals surface area contributed by atoms with E-state index in [0.29, 0.717) is 16.5 Å². The van der Waals surface area contributed by atoms with Gasteiger partial charge in [-0.3, -0.25) is 4.79 Å². The van der Waals surface area contributed by atoms with Gasteiger partial charge in [-0.15, -0.1) is 0 Å². The second-order valence-corrected chi connectivity index (χ2v) is 7.51. The van der Waals surface area contributed by atoms with Gasteiger partial charge >= 0.3 is 0 Å². The first-order chi connectivity index (χ1) is 13.2. The number of hydrogen-bond acceptors (Lipinski definition) is 6. The fraction of sp³-hybridized carbons (Fsp3) is 0.111. The number of benzene rings is 2. The quantitative estimate of drug-likeness (QED) is 0.464. The summed E-state index contributed by atoms with van der Waals surface area (Å²) < 4.78 is 27.5. The summed E-state index contributed by atoms with van der Waals surface area (Å²) >= 11 is 6.00. The molecule has 2 rings (SSSR count). The second kappa shape index (κ2) is 9.23. The molecule has 2 aromatic carbocycles. The third-order valence-corrected chi connectivity index (χ3v) is 4.80. The molecule has 0 saturated heterocycles. The van der Waals surface area contributed by atoms with Crippen LogP contribution in [0.3, 0.4) is 0 Å². The van der Waals surface area contributed by atoms with Gasteiger partial charge in [0.05, 0.1) is 17.0 Å². The maximum absolute atomic E-state index is 12.2. The summed E-state index contributed by atoms with van der Waals surface area (Å²) in [7, 11) is -2.28. The summed E-state index contributed by atoms with van der Waals surface area (Å²) in [6.45, 7) is 0.276. The highest BCUT2D eigenvalue weighted by atomic mass is 35.5. The Bertz CT molecular complexity index is 1040. The zero-order valence-corrected chi connectivity index (χ0v) is 16.3. The Balaban J connectivity index is 2.00. The Kier molecular flexibility index (Phi) is 7.00. The number of primary sulfonamides is 1. The number of hydrogen-bond donors (Lipinski definition) is 3. The fourth-order valence-electron chi connectivity index (χ4n) is 2.16. The predicted octanol–water partition coefficient (Wildman–Crippen LogP) is 2.13. The van der Waals surface area contributed by atoms with Crippen molar-refractivity contribution in [3.8, 4) is 11.8 Å². The number of nitrogens with one attached hydrogen (secondary N) is 2. The molecule has 146 valence electrons. The highest BCUT2D eigenvalue weighted by Gasteiger charge is 2.11. The highest BCUT2D eigenvalue weighted by molar-refractivity contribution is 7.89. The van der Waals surface area contributed by atoms with E-state index in [1.165, 1.54) is 31.5 Å². The molecule has 0 fully saturated rings. The number of carbonyl (C=O) groups excluding carboxylic acids is 1. The van der Waals surface area contributed by atoms with Crippen molar-refractivity contribution in [2.75, 3.05) is 12.4 Å². The lowest BCUT2D eigenvalue weighted by molar-refractivity contribution is -0.112. The number of sulfonamides is 1. The molecule has 0 radical (unpaired) electrons. The first-order valence-corrected chi connectivity index (χ1v) is 9.77. The number of nitrogens with zero attached hydrogens (tertiary/aromatic N) is 1. The maximum atomic E-state index is 12.2. The molecule has 1 amide bonds. The van der Waals surface area contributed by atoms with Crippen molar-refractivity contribution in [1.82, 2.24) is 5.32 Å². The average Bonchev–Trinajstić information content (AvgIpc) is 2.65. The van der Waals surface area contributed by atoms with Gasteiger partial charge in [-0.05, 0) is 35.9 Å². The van der Waals surface area contributed by atoms with Crippen LogP contribution in [0.4, 0.5) is 5.69 Å². The minimum atomic E-state index is -3.75. The minimum absolute atomic E-state index is 0.00189. The number of methoxy groups -OCH3 is 1. The van der Waals surface area contributed by atoms with Crippen molar-refractivity contribution in [3.05, 3.63) is 64.8 Å². The number of carbonyl (C=O) groups is 1. The van der Waals surface area contributed by atoms with Crippen molar-refractivity contribution >= 4 is 33.2 Å². The molecule has 0 aromatic heterocycles. The third-order valence-electron chi connectivity index (χ3n) is 3.58. The van der Waals surface area contributed by atoms with Gasteiger partial charge in [0.15, 0.2) is 0 Å². The SMILES string of the molecule is COc1ccc(NC(=O)/C(C#N)=C\NCc2ccc(S(N)(=O)=O)cc2)cc1Cl. The van der Waals surface area contributed by atoms with E-state index in [1.807, 2.05) is 6.07 Å². The van der Waals surface area contributed by atoms with Crippen molar-refractivity contribution in [3.63, 3.8) is 0 Å². The van der Waals surface area contributed by atoms with E-state index in [9.17, 15) is 18.5 Å². The van der Waals surface area contributed by atoms with E-state index >= 15 is 0 Å². The van der Waals surface area contributed by atoms with E-state index in [-0.39, 0.29) is 17.0 Å². The van der Waals surface area contributed by atoms with Crippen molar-refractivity contribution in [2.24, 2.45) is 5.14 Å². The summed E-state index contributed by atoms with van der Waals surface area (Å²) in [5.74, 6) is -0.147. The molecule has 0 atom stereocenters. The fourth-order valence-corrected chi connectivity index (χ4v) is 2.93. The van der Waals surface area contributed by atoms with Crippen molar-refractivity contribution in [2.45, 2.75) is 11.4 Å². The van der Waals surface area contributed by atoms with Crippen molar-refractivity contribution < 1.29 is 17.9 Å². The molecule has 0 bridgehead atoms. The molecule has 0 saturated carbocycles. The molecule has 0 spiro atoms. The zero-order valence-electron chi connectivity index (χ0n) is 14.8. The monoisotopic (exact) mass is 420 g/mol. The van der Waals surface area contributed by atoms with Crippen LogP contribution < -0.4 is 20.5 Å². The van der Waals surface area contributed by atoms with Gasteiger partial charge in [-0.25, -0.2) is 13.6 Å². The molecule has 0 aliphatic carbocycles. The molecule has 2 aromatic rings. The zero-order chi connectivity index (χ0) is 20.7. The summed E-state index contributed by atoms with van der Waals surface area (Å²) in [5.41, 5.74) is 1.01. The van der Waals surface area contributed by atoms with Crippen LogP contribution in [0, 0.1) is 11.3 Å². The van der Waals surface area contributed by atoms with E-state index in [4.69, 9.17) is 21.5 Å². The Morgan fingerprint density at radius 3 is 2.50 bits per heavy atom. The standard InChI is InChI=1S/C18H17ClN4O4S/c1-27-17-7-4-14(8-16(17)19)23-18(24)13(9-20)11-22-10-12-2-5-15(6-3-12)28(21,25)26/h2-8,11,22H,10H2,1H3,(H,23,24)(H2,21,25,26)/b13-11-. The lowest BCUT2D eigenvalue weighted by Gasteiger charge is -2.08. The van der Waals surface area contributed by atoms with Gasteiger partial charge in [-0.2, -0.15) is 5.26 Å². The third kappa shape index (κ3) is 5.72. The highest BCUT2D eigenvalue weighted by Crippen LogP contribution is 2.27. The van der Waals surface area contributed by atoms with E-state index < -0.39 is 15.9 Å². The normalized spacial score (nSPS) is 11.4. The number of nitriles is 1. The topological polar surface area (TPSA) is 134 Å². The van der Waals surface area contributed by atoms with Crippen molar-refractivity contribution in [1.29, 1.82) is 5.26 Å². The van der Waals surface area contributed by atoms with Crippen LogP contribution in [0.5, 0.6) is 5.75 Å². The van der Waals surface area contributed by atoms with Gasteiger partial charge in [0.25, 0.3) is 5.91 Å². The number of halogens is 1. The molecule has 10 heteroatoms. The summed E-state index contributed by atoms with van der Waals surface area (Å²) in [6.07, 6.45) is 1.27. The molecule has 4 N–H and O–H groups in total. The van der Waals surface area contributed by atoms with E-state index in [0.717, 1.165) is 5.56 Å². The Morgan fingerprint density at radius 2 is 1.96 bits per heavy atom. The number of amides is 1. The lowest BCUT2D eigenvalue weighted by Crippen LogP contribution is -2.16. The summed E-state index contributed by atoms with van der Waals surface area (Å²) in [4.78, 5) is 12.2. The Hall–Kier alpha value is -3.06. The maximum Gasteiger partial charge on any atom is 0.267 e. The minimum Gasteiger partial charge on any atom is -0.495 e. The van der Waals surface area contributed by atoms with E-state index in [2.05, 4.69) is 10.6 Å². The van der Waals surface area contributed by atoms with Gasteiger partial charge in [-0.1, -0.05) is 23.7 Å². The van der Waals surface area contributed by atoms with Gasteiger partial charge in [0, 0.05) is 18.4 Å². The van der Waals surface area contributed by atoms with Crippen LogP contribution in [0.25, 0.3) is 0 Å². The van der Waals surface area contributed by atoms with Crippen LogP contribution in [-0.4, -0.2) is 21.4 Å². The number of nitrogens with two attached hydrogens (primary N) is 1. The molecule has 0 aliphatic heterocycles. The molecular formula is C18H17ClN4O4S. The smallest absolute Gasteiger partial charge is 0.267 e. The molecule has 0 aliphatic rings. The number of rotatable bonds is 7. The Labute approximate surface area is 167 Å². The van der Waals surface area contributed by atoms with Gasteiger partial charge in [0.1, 0.15) is 17.4 Å². The summed E-state index contributed by atoms with van der Waals surface area (Å²) in [6, 6.07) is 12.4. The second-order valence-electron chi connectivity index (χ2n) is 5.54.